The van der Waals surface area contributed by atoms with Crippen LogP contribution >= 0.6 is 0 Å². The van der Waals surface area contributed by atoms with Gasteiger partial charge >= 0.3 is 0 Å². The molecule has 0 fully saturated rings. The second-order valence-corrected chi connectivity index (χ2v) is 14.0. The summed E-state index contributed by atoms with van der Waals surface area (Å²) in [5.74, 6) is 0. The summed E-state index contributed by atoms with van der Waals surface area (Å²) in [6, 6.07) is 0. The molecule has 0 heterocycles. The van der Waals surface area contributed by atoms with Gasteiger partial charge in [-0.15, -0.1) is 0 Å². The van der Waals surface area contributed by atoms with Crippen molar-refractivity contribution in [2.75, 3.05) is 52.4 Å². The highest BCUT2D eigenvalue weighted by molar-refractivity contribution is 4.60. The Hall–Kier alpha value is -0.240. The first kappa shape index (κ1) is 40.8. The molecule has 0 saturated carbocycles. The summed E-state index contributed by atoms with van der Waals surface area (Å²) in [5.41, 5.74) is 0. The van der Waals surface area contributed by atoms with Gasteiger partial charge in [0.15, 0.2) is 0 Å². The monoisotopic (exact) mass is 589 g/mol. The van der Waals surface area contributed by atoms with Crippen LogP contribution in [0.15, 0.2) is 0 Å². The Bertz CT molecular complexity index is 500. The maximum absolute atomic E-state index is 10.4. The molecule has 0 spiro atoms. The van der Waals surface area contributed by atoms with Gasteiger partial charge in [-0.05, 0) is 72.6 Å². The topological polar surface area (TPSA) is 80.9 Å². The van der Waals surface area contributed by atoms with E-state index >= 15 is 0 Å². The van der Waals surface area contributed by atoms with Crippen LogP contribution in [0.1, 0.15) is 151 Å². The molecule has 0 bridgehead atoms. The summed E-state index contributed by atoms with van der Waals surface area (Å²) in [5, 5.41) is 41.6. The highest BCUT2D eigenvalue weighted by atomic mass is 16.3. The third kappa shape index (κ3) is 22.9. The van der Waals surface area contributed by atoms with Crippen molar-refractivity contribution in [1.82, 2.24) is 0 Å². The molecule has 0 aliphatic rings. The zero-order valence-corrected chi connectivity index (χ0v) is 28.7. The molecule has 4 atom stereocenters. The molecule has 0 aromatic heterocycles. The van der Waals surface area contributed by atoms with Gasteiger partial charge in [0.2, 0.25) is 0 Å². The van der Waals surface area contributed by atoms with Gasteiger partial charge in [0.25, 0.3) is 0 Å². The molecule has 6 nitrogen and oxygen atoms in total. The maximum Gasteiger partial charge on any atom is 0.105 e. The second-order valence-electron chi connectivity index (χ2n) is 14.0. The van der Waals surface area contributed by atoms with Gasteiger partial charge in [0, 0.05) is 0 Å². The predicted molar refractivity (Wildman–Crippen MR) is 176 cm³/mol. The molecule has 0 aromatic carbocycles. The molecule has 0 saturated heterocycles. The van der Waals surface area contributed by atoms with E-state index in [1.165, 1.54) is 77.0 Å². The van der Waals surface area contributed by atoms with Crippen molar-refractivity contribution < 1.29 is 29.4 Å². The summed E-state index contributed by atoms with van der Waals surface area (Å²) in [7, 11) is 0. The number of rotatable bonds is 30. The fourth-order valence-electron chi connectivity index (χ4n) is 7.22. The minimum Gasteiger partial charge on any atom is -0.388 e. The van der Waals surface area contributed by atoms with Crippen LogP contribution in [0.3, 0.4) is 0 Å². The van der Waals surface area contributed by atoms with E-state index in [1.54, 1.807) is 0 Å². The van der Waals surface area contributed by atoms with Crippen molar-refractivity contribution >= 4 is 0 Å². The highest BCUT2D eigenvalue weighted by Gasteiger charge is 2.32. The Kier molecular flexibility index (Phi) is 25.0. The maximum atomic E-state index is 10.4. The average molecular weight is 589 g/mol. The third-order valence-corrected chi connectivity index (χ3v) is 8.84. The molecular weight excluding hydrogens is 512 g/mol. The van der Waals surface area contributed by atoms with Crippen LogP contribution in [0.2, 0.25) is 0 Å². The smallest absolute Gasteiger partial charge is 0.105 e. The van der Waals surface area contributed by atoms with E-state index in [4.69, 9.17) is 0 Å². The molecular formula is C35H76N2O4+2. The van der Waals surface area contributed by atoms with E-state index in [-0.39, 0.29) is 24.4 Å². The Labute approximate surface area is 256 Å². The van der Waals surface area contributed by atoms with Crippen molar-refractivity contribution in [2.45, 2.75) is 175 Å². The second kappa shape index (κ2) is 25.1. The van der Waals surface area contributed by atoms with Crippen LogP contribution in [0.4, 0.5) is 0 Å². The van der Waals surface area contributed by atoms with Gasteiger partial charge in [-0.25, -0.2) is 0 Å². The lowest BCUT2D eigenvalue weighted by molar-refractivity contribution is -0.935. The van der Waals surface area contributed by atoms with Crippen LogP contribution in [-0.4, -0.2) is 106 Å². The molecule has 4 N–H and O–H groups in total. The van der Waals surface area contributed by atoms with E-state index < -0.39 is 0 Å². The lowest BCUT2D eigenvalue weighted by atomic mass is 10.1. The lowest BCUT2D eigenvalue weighted by Gasteiger charge is -2.42. The van der Waals surface area contributed by atoms with Crippen LogP contribution in [-0.2, 0) is 0 Å². The number of nitrogens with zero attached hydrogens (tertiary/aromatic N) is 2. The molecule has 41 heavy (non-hydrogen) atoms. The number of hydrogen-bond acceptors (Lipinski definition) is 4. The highest BCUT2D eigenvalue weighted by Crippen LogP contribution is 2.20. The first-order valence-electron chi connectivity index (χ1n) is 17.9. The Morgan fingerprint density at radius 3 is 0.756 bits per heavy atom. The normalized spacial score (nSPS) is 18.0. The van der Waals surface area contributed by atoms with E-state index in [2.05, 4.69) is 13.8 Å². The standard InChI is InChI=1S/C35H76N2O4/c1-7-9-11-13-15-17-20-24-36(28-32(3)38,29-33(4)39)26-22-19-23-27-37(30-34(5)40,31-35(6)41)25-21-18-16-14-12-10-8-2/h32-35,38-41H,7-31H2,1-6H3/q+2. The molecule has 0 amide bonds. The van der Waals surface area contributed by atoms with Crippen LogP contribution in [0, 0.1) is 0 Å². The number of aliphatic hydroxyl groups is 4. The number of quaternary nitrogens is 2. The largest absolute Gasteiger partial charge is 0.388 e. The fraction of sp³-hybridized carbons (Fsp3) is 1.00. The van der Waals surface area contributed by atoms with Gasteiger partial charge in [-0.1, -0.05) is 78.1 Å². The van der Waals surface area contributed by atoms with Crippen LogP contribution < -0.4 is 0 Å². The van der Waals surface area contributed by atoms with Crippen molar-refractivity contribution in [3.8, 4) is 0 Å². The molecule has 0 aromatic rings. The number of hydrogen-bond donors (Lipinski definition) is 4. The third-order valence-electron chi connectivity index (χ3n) is 8.84. The van der Waals surface area contributed by atoms with Gasteiger partial charge in [-0.3, -0.25) is 0 Å². The van der Waals surface area contributed by atoms with Crippen LogP contribution in [0.5, 0.6) is 0 Å². The Balaban J connectivity index is 5.09. The lowest BCUT2D eigenvalue weighted by Crippen LogP contribution is -2.56. The van der Waals surface area contributed by atoms with Crippen molar-refractivity contribution in [1.29, 1.82) is 0 Å². The average Bonchev–Trinajstić information content (AvgIpc) is 2.86. The van der Waals surface area contributed by atoms with E-state index in [1.807, 2.05) is 27.7 Å². The Morgan fingerprint density at radius 1 is 0.341 bits per heavy atom. The molecule has 248 valence electrons. The molecule has 4 unspecified atom stereocenters. The summed E-state index contributed by atoms with van der Waals surface area (Å²) in [4.78, 5) is 0. The molecule has 0 aliphatic carbocycles. The molecule has 0 aliphatic heterocycles. The zero-order valence-electron chi connectivity index (χ0n) is 28.7. The van der Waals surface area contributed by atoms with Gasteiger partial charge in [0.1, 0.15) is 50.6 Å². The number of aliphatic hydroxyl groups excluding tert-OH is 4. The molecule has 0 rings (SSSR count). The minimum absolute atomic E-state index is 0.373. The summed E-state index contributed by atoms with van der Waals surface area (Å²) < 4.78 is 1.62. The van der Waals surface area contributed by atoms with Crippen molar-refractivity contribution in [2.24, 2.45) is 0 Å². The summed E-state index contributed by atoms with van der Waals surface area (Å²) in [6.07, 6.45) is 19.7. The quantitative estimate of drug-likeness (QED) is 0.0549. The van der Waals surface area contributed by atoms with Gasteiger partial charge < -0.3 is 29.4 Å². The predicted octanol–water partition coefficient (Wildman–Crippen LogP) is 6.81. The molecule has 0 radical (unpaired) electrons. The van der Waals surface area contributed by atoms with Crippen LogP contribution in [0.25, 0.3) is 0 Å². The van der Waals surface area contributed by atoms with Crippen molar-refractivity contribution in [3.05, 3.63) is 0 Å². The number of unbranched alkanes of at least 4 members (excludes halogenated alkanes) is 14. The summed E-state index contributed by atoms with van der Waals surface area (Å²) >= 11 is 0. The summed E-state index contributed by atoms with van der Waals surface area (Å²) in [6.45, 7) is 19.0. The fourth-order valence-corrected chi connectivity index (χ4v) is 7.22. The zero-order chi connectivity index (χ0) is 31.0. The van der Waals surface area contributed by atoms with E-state index in [9.17, 15) is 20.4 Å². The minimum atomic E-state index is -0.373. The van der Waals surface area contributed by atoms with Gasteiger partial charge in [-0.2, -0.15) is 0 Å². The Morgan fingerprint density at radius 2 is 0.537 bits per heavy atom. The van der Waals surface area contributed by atoms with Crippen molar-refractivity contribution in [3.63, 3.8) is 0 Å². The first-order valence-corrected chi connectivity index (χ1v) is 17.9. The molecule has 6 heteroatoms. The van der Waals surface area contributed by atoms with E-state index in [0.717, 1.165) is 67.2 Å². The van der Waals surface area contributed by atoms with E-state index in [0.29, 0.717) is 26.2 Å². The SMILES string of the molecule is CCCCCCCCC[N+](CCCCC[N+](CCCCCCCCC)(CC(C)O)CC(C)O)(CC(C)O)CC(C)O. The van der Waals surface area contributed by atoms with Gasteiger partial charge in [0.05, 0.1) is 26.2 Å². The first-order chi connectivity index (χ1) is 19.5.